The Morgan fingerprint density at radius 1 is 1.31 bits per heavy atom. The van der Waals surface area contributed by atoms with E-state index >= 15 is 0 Å². The highest BCUT2D eigenvalue weighted by molar-refractivity contribution is 5.98. The van der Waals surface area contributed by atoms with Crippen LogP contribution in [0.1, 0.15) is 52.9 Å². The topological polar surface area (TPSA) is 74.6 Å². The van der Waals surface area contributed by atoms with Gasteiger partial charge < -0.3 is 10.2 Å². The molecule has 0 bridgehead atoms. The maximum atomic E-state index is 12.3. The second-order valence-corrected chi connectivity index (χ2v) is 9.54. The number of carbonyl (C=O) groups is 2. The lowest BCUT2D eigenvalue weighted by Crippen LogP contribution is -2.57. The monoisotopic (exact) mass is 358 g/mol. The number of aliphatic hydroxyl groups is 2. The van der Waals surface area contributed by atoms with Crippen molar-refractivity contribution in [1.29, 1.82) is 0 Å². The van der Waals surface area contributed by atoms with Crippen LogP contribution in [0.4, 0.5) is 0 Å². The summed E-state index contributed by atoms with van der Waals surface area (Å²) in [5.41, 5.74) is 1.49. The van der Waals surface area contributed by atoms with Crippen molar-refractivity contribution in [2.45, 2.75) is 59.0 Å². The second-order valence-electron chi connectivity index (χ2n) is 9.54. The maximum Gasteiger partial charge on any atom is 0.184 e. The molecule has 2 saturated carbocycles. The summed E-state index contributed by atoms with van der Waals surface area (Å²) < 4.78 is 0. The molecule has 4 rings (SSSR count). The van der Waals surface area contributed by atoms with E-state index in [-0.39, 0.29) is 28.3 Å². The number of Topliss-reactive ketones (excluding diaryl/α,β-unsaturated/α-hetero) is 1. The summed E-state index contributed by atoms with van der Waals surface area (Å²) in [6, 6.07) is 0. The van der Waals surface area contributed by atoms with Gasteiger partial charge in [0, 0.05) is 11.8 Å². The number of carbonyl (C=O) groups excluding carboxylic acids is 2. The molecule has 4 nitrogen and oxygen atoms in total. The maximum absolute atomic E-state index is 12.3. The largest absolute Gasteiger partial charge is 0.393 e. The Labute approximate surface area is 155 Å². The molecule has 142 valence electrons. The van der Waals surface area contributed by atoms with Crippen LogP contribution in [0, 0.1) is 34.5 Å². The van der Waals surface area contributed by atoms with Crippen molar-refractivity contribution in [3.05, 3.63) is 23.3 Å². The van der Waals surface area contributed by atoms with Crippen molar-refractivity contribution < 1.29 is 19.8 Å². The number of fused-ring (bicyclic) bond motifs is 5. The third-order valence-electron chi connectivity index (χ3n) is 8.24. The van der Waals surface area contributed by atoms with Gasteiger partial charge in [-0.2, -0.15) is 0 Å². The molecular weight excluding hydrogens is 328 g/mol. The number of ketones is 2. The van der Waals surface area contributed by atoms with Gasteiger partial charge in [0.25, 0.3) is 0 Å². The highest BCUT2D eigenvalue weighted by Crippen LogP contribution is 2.66. The molecule has 4 aliphatic rings. The Morgan fingerprint density at radius 2 is 2.04 bits per heavy atom. The van der Waals surface area contributed by atoms with E-state index < -0.39 is 12.7 Å². The van der Waals surface area contributed by atoms with E-state index in [1.165, 1.54) is 5.57 Å². The Hall–Kier alpha value is -1.26. The summed E-state index contributed by atoms with van der Waals surface area (Å²) >= 11 is 0. The molecule has 0 saturated heterocycles. The van der Waals surface area contributed by atoms with Gasteiger partial charge in [0.05, 0.1) is 6.10 Å². The van der Waals surface area contributed by atoms with Gasteiger partial charge in [0.2, 0.25) is 0 Å². The standard InChI is InChI=1S/C22H30O4/c1-12-8-14-15-4-5-16(19(26)11-23)22(15,3)10-18(25)20(14)21(2)7-6-13(24)9-17(12)21/h5,9,12,14-15,18,20,23,25H,4,6-8,10-11H2,1-3H3/t12?,14-,15-,18-,20+,21-,22-/m0/s1. The van der Waals surface area contributed by atoms with Crippen LogP contribution in [0.15, 0.2) is 23.3 Å². The van der Waals surface area contributed by atoms with Crippen molar-refractivity contribution in [2.75, 3.05) is 6.61 Å². The molecule has 7 atom stereocenters. The van der Waals surface area contributed by atoms with Gasteiger partial charge in [-0.05, 0) is 66.4 Å². The minimum Gasteiger partial charge on any atom is -0.393 e. The molecular formula is C22H30O4. The van der Waals surface area contributed by atoms with E-state index in [1.807, 2.05) is 12.2 Å². The third kappa shape index (κ3) is 2.27. The average molecular weight is 358 g/mol. The van der Waals surface area contributed by atoms with E-state index in [9.17, 15) is 19.8 Å². The van der Waals surface area contributed by atoms with Gasteiger partial charge in [0.1, 0.15) is 6.61 Å². The molecule has 0 aromatic rings. The number of aliphatic hydroxyl groups excluding tert-OH is 2. The van der Waals surface area contributed by atoms with Gasteiger partial charge in [-0.15, -0.1) is 0 Å². The van der Waals surface area contributed by atoms with Crippen LogP contribution < -0.4 is 0 Å². The van der Waals surface area contributed by atoms with Crippen molar-refractivity contribution >= 4 is 11.6 Å². The van der Waals surface area contributed by atoms with Gasteiger partial charge >= 0.3 is 0 Å². The molecule has 0 heterocycles. The minimum absolute atomic E-state index is 0.124. The molecule has 4 aliphatic carbocycles. The Kier molecular flexibility index (Phi) is 4.09. The predicted octanol–water partition coefficient (Wildman–Crippen LogP) is 2.83. The molecule has 0 aliphatic heterocycles. The molecule has 1 unspecified atom stereocenters. The molecule has 2 fully saturated rings. The number of rotatable bonds is 2. The van der Waals surface area contributed by atoms with Crippen molar-refractivity contribution in [3.63, 3.8) is 0 Å². The van der Waals surface area contributed by atoms with Crippen molar-refractivity contribution in [3.8, 4) is 0 Å². The van der Waals surface area contributed by atoms with Crippen LogP contribution in [0.3, 0.4) is 0 Å². The van der Waals surface area contributed by atoms with E-state index in [1.54, 1.807) is 0 Å². The lowest BCUT2D eigenvalue weighted by Gasteiger charge is -2.60. The molecule has 4 heteroatoms. The van der Waals surface area contributed by atoms with E-state index in [0.29, 0.717) is 30.6 Å². The summed E-state index contributed by atoms with van der Waals surface area (Å²) in [6.07, 6.45) is 7.16. The zero-order valence-electron chi connectivity index (χ0n) is 16.0. The summed E-state index contributed by atoms with van der Waals surface area (Å²) in [4.78, 5) is 24.3. The Bertz CT molecular complexity index is 720. The molecule has 0 aromatic carbocycles. The lowest BCUT2D eigenvalue weighted by molar-refractivity contribution is -0.133. The lowest BCUT2D eigenvalue weighted by atomic mass is 9.44. The fourth-order valence-corrected chi connectivity index (χ4v) is 7.21. The average Bonchev–Trinajstić information content (AvgIpc) is 2.92. The number of allylic oxidation sites excluding steroid dienone is 3. The first-order valence-electron chi connectivity index (χ1n) is 10.00. The first-order chi connectivity index (χ1) is 12.2. The smallest absolute Gasteiger partial charge is 0.184 e. The quantitative estimate of drug-likeness (QED) is 0.796. The molecule has 0 spiro atoms. The van der Waals surface area contributed by atoms with Crippen LogP contribution in [0.2, 0.25) is 0 Å². The highest BCUT2D eigenvalue weighted by atomic mass is 16.3. The molecule has 26 heavy (non-hydrogen) atoms. The van der Waals surface area contributed by atoms with Gasteiger partial charge in [-0.1, -0.05) is 32.4 Å². The van der Waals surface area contributed by atoms with Gasteiger partial charge in [0.15, 0.2) is 11.6 Å². The fourth-order valence-electron chi connectivity index (χ4n) is 7.21. The van der Waals surface area contributed by atoms with E-state index in [2.05, 4.69) is 20.8 Å². The normalized spacial score (nSPS) is 47.4. The summed E-state index contributed by atoms with van der Waals surface area (Å²) in [5.74, 6) is 1.18. The van der Waals surface area contributed by atoms with Crippen LogP contribution in [0.25, 0.3) is 0 Å². The summed E-state index contributed by atoms with van der Waals surface area (Å²) in [6.45, 7) is 6.10. The van der Waals surface area contributed by atoms with E-state index in [4.69, 9.17) is 0 Å². The molecule has 0 amide bonds. The number of hydrogen-bond donors (Lipinski definition) is 2. The molecule has 2 N–H and O–H groups in total. The first-order valence-corrected chi connectivity index (χ1v) is 10.00. The summed E-state index contributed by atoms with van der Waals surface area (Å²) in [5, 5.41) is 20.6. The van der Waals surface area contributed by atoms with Gasteiger partial charge in [-0.25, -0.2) is 0 Å². The third-order valence-corrected chi connectivity index (χ3v) is 8.24. The summed E-state index contributed by atoms with van der Waals surface area (Å²) in [7, 11) is 0. The van der Waals surface area contributed by atoms with Crippen molar-refractivity contribution in [2.24, 2.45) is 34.5 Å². The first kappa shape index (κ1) is 18.1. The fraction of sp³-hybridized carbons (Fsp3) is 0.727. The number of hydrogen-bond acceptors (Lipinski definition) is 4. The molecule has 0 aromatic heterocycles. The van der Waals surface area contributed by atoms with Crippen LogP contribution in [0.5, 0.6) is 0 Å². The molecule has 0 radical (unpaired) electrons. The minimum atomic E-state index is -0.483. The Morgan fingerprint density at radius 3 is 2.73 bits per heavy atom. The van der Waals surface area contributed by atoms with Gasteiger partial charge in [-0.3, -0.25) is 9.59 Å². The Balaban J connectivity index is 1.75. The predicted molar refractivity (Wildman–Crippen MR) is 98.2 cm³/mol. The zero-order valence-corrected chi connectivity index (χ0v) is 16.0. The highest BCUT2D eigenvalue weighted by Gasteiger charge is 2.61. The van der Waals surface area contributed by atoms with Crippen LogP contribution >= 0.6 is 0 Å². The zero-order chi connectivity index (χ0) is 18.9. The van der Waals surface area contributed by atoms with Crippen LogP contribution in [-0.4, -0.2) is 34.5 Å². The second kappa shape index (κ2) is 5.87. The SMILES string of the molecule is CC1C[C@@H]2[C@H]([C@@H](O)C[C@]3(C)C(C(=O)CO)=CC[C@@H]23)[C@@]2(C)CCC(=O)C=C12. The van der Waals surface area contributed by atoms with Crippen molar-refractivity contribution in [1.82, 2.24) is 0 Å². The van der Waals surface area contributed by atoms with E-state index in [0.717, 1.165) is 24.8 Å². The van der Waals surface area contributed by atoms with Crippen LogP contribution in [-0.2, 0) is 9.59 Å².